The Labute approximate surface area is 114 Å². The Hall–Kier alpha value is -0.650. The van der Waals surface area contributed by atoms with E-state index in [0.29, 0.717) is 6.04 Å². The quantitative estimate of drug-likeness (QED) is 0.918. The first-order chi connectivity index (χ1) is 8.22. The van der Waals surface area contributed by atoms with E-state index < -0.39 is 0 Å². The van der Waals surface area contributed by atoms with Gasteiger partial charge in [0.15, 0.2) is 0 Å². The highest BCUT2D eigenvalue weighted by Crippen LogP contribution is 2.28. The lowest BCUT2D eigenvalue weighted by Crippen LogP contribution is -2.17. The summed E-state index contributed by atoms with van der Waals surface area (Å²) in [6, 6.07) is 4.63. The summed E-state index contributed by atoms with van der Waals surface area (Å²) in [6.45, 7) is 3.03. The third-order valence-corrected chi connectivity index (χ3v) is 4.47. The minimum absolute atomic E-state index is 0.362. The number of likely N-dealkylation sites (N-methyl/N-ethyl adjacent to an activating group) is 1. The molecule has 0 fully saturated rings. The maximum absolute atomic E-state index is 4.30. The molecule has 0 aliphatic heterocycles. The van der Waals surface area contributed by atoms with Crippen LogP contribution in [0.5, 0.6) is 0 Å². The summed E-state index contributed by atoms with van der Waals surface area (Å²) < 4.78 is 3.14. The molecule has 2 rings (SSSR count). The number of aryl methyl sites for hydroxylation is 1. The van der Waals surface area contributed by atoms with Crippen molar-refractivity contribution in [3.63, 3.8) is 0 Å². The summed E-state index contributed by atoms with van der Waals surface area (Å²) in [5, 5.41) is 7.66. The summed E-state index contributed by atoms with van der Waals surface area (Å²) in [7, 11) is 2.00. The fourth-order valence-corrected chi connectivity index (χ4v) is 3.31. The van der Waals surface area contributed by atoms with E-state index in [0.717, 1.165) is 13.0 Å². The Morgan fingerprint density at radius 1 is 1.53 bits per heavy atom. The maximum atomic E-state index is 4.30. The maximum Gasteiger partial charge on any atom is 0.0701 e. The van der Waals surface area contributed by atoms with Crippen molar-refractivity contribution in [2.75, 3.05) is 7.05 Å². The molecule has 3 nitrogen and oxygen atoms in total. The molecule has 1 unspecified atom stereocenters. The molecule has 0 aliphatic carbocycles. The third-order valence-electron chi connectivity index (χ3n) is 2.74. The van der Waals surface area contributed by atoms with Crippen molar-refractivity contribution in [3.05, 3.63) is 38.8 Å². The zero-order chi connectivity index (χ0) is 12.3. The van der Waals surface area contributed by atoms with Gasteiger partial charge in [0.1, 0.15) is 0 Å². The molecule has 0 aromatic carbocycles. The summed E-state index contributed by atoms with van der Waals surface area (Å²) in [5.74, 6) is 0. The van der Waals surface area contributed by atoms with Crippen molar-refractivity contribution < 1.29 is 0 Å². The number of thiophene rings is 1. The summed E-state index contributed by atoms with van der Waals surface area (Å²) >= 11 is 5.28. The molecule has 2 heterocycles. The Kier molecular flexibility index (Phi) is 4.36. The molecule has 2 aromatic rings. The van der Waals surface area contributed by atoms with Crippen molar-refractivity contribution in [1.29, 1.82) is 0 Å². The largest absolute Gasteiger partial charge is 0.312 e. The average Bonchev–Trinajstić information content (AvgIpc) is 2.94. The number of nitrogens with one attached hydrogen (secondary N) is 1. The predicted molar refractivity (Wildman–Crippen MR) is 75.4 cm³/mol. The molecular weight excluding hydrogens is 298 g/mol. The van der Waals surface area contributed by atoms with Gasteiger partial charge in [0.25, 0.3) is 0 Å². The fraction of sp³-hybridized carbons (Fsp3) is 0.417. The number of hydrogen-bond donors (Lipinski definition) is 1. The highest BCUT2D eigenvalue weighted by molar-refractivity contribution is 9.11. The topological polar surface area (TPSA) is 29.9 Å². The van der Waals surface area contributed by atoms with Crippen LogP contribution in [0.15, 0.2) is 28.3 Å². The van der Waals surface area contributed by atoms with Crippen molar-refractivity contribution in [1.82, 2.24) is 15.1 Å². The molecule has 0 bridgehead atoms. The molecule has 5 heteroatoms. The standard InChI is InChI=1S/C12H16BrN3S/c1-3-16-8-9(7-15-16)6-10(14-2)11-4-5-12(13)17-11/h4-5,7-8,10,14H,3,6H2,1-2H3. The van der Waals surface area contributed by atoms with E-state index in [1.54, 1.807) is 11.3 Å². The van der Waals surface area contributed by atoms with Gasteiger partial charge in [0.05, 0.1) is 9.98 Å². The van der Waals surface area contributed by atoms with E-state index in [4.69, 9.17) is 0 Å². The van der Waals surface area contributed by atoms with E-state index in [1.807, 2.05) is 17.9 Å². The highest BCUT2D eigenvalue weighted by atomic mass is 79.9. The molecule has 1 atom stereocenters. The summed E-state index contributed by atoms with van der Waals surface area (Å²) in [6.07, 6.45) is 5.05. The van der Waals surface area contributed by atoms with Crippen molar-refractivity contribution >= 4 is 27.3 Å². The van der Waals surface area contributed by atoms with Crippen LogP contribution in [-0.4, -0.2) is 16.8 Å². The normalized spacial score (nSPS) is 12.9. The molecule has 1 N–H and O–H groups in total. The minimum Gasteiger partial charge on any atom is -0.312 e. The second kappa shape index (κ2) is 5.80. The van der Waals surface area contributed by atoms with Gasteiger partial charge < -0.3 is 5.32 Å². The van der Waals surface area contributed by atoms with Gasteiger partial charge in [-0.1, -0.05) is 0 Å². The Bertz CT molecular complexity index is 478. The molecular formula is C12H16BrN3S. The molecule has 0 amide bonds. The summed E-state index contributed by atoms with van der Waals surface area (Å²) in [5.41, 5.74) is 1.27. The second-order valence-electron chi connectivity index (χ2n) is 3.89. The van der Waals surface area contributed by atoms with Gasteiger partial charge in [-0.3, -0.25) is 4.68 Å². The first-order valence-corrected chi connectivity index (χ1v) is 7.27. The van der Waals surface area contributed by atoms with Crippen molar-refractivity contribution in [2.45, 2.75) is 25.9 Å². The van der Waals surface area contributed by atoms with Crippen LogP contribution in [-0.2, 0) is 13.0 Å². The number of nitrogens with zero attached hydrogens (tertiary/aromatic N) is 2. The van der Waals surface area contributed by atoms with Gasteiger partial charge in [-0.05, 0) is 54.0 Å². The van der Waals surface area contributed by atoms with Gasteiger partial charge in [-0.25, -0.2) is 0 Å². The van der Waals surface area contributed by atoms with Crippen LogP contribution in [0.3, 0.4) is 0 Å². The zero-order valence-electron chi connectivity index (χ0n) is 9.98. The lowest BCUT2D eigenvalue weighted by molar-refractivity contribution is 0.600. The average molecular weight is 314 g/mol. The predicted octanol–water partition coefficient (Wildman–Crippen LogP) is 3.23. The van der Waals surface area contributed by atoms with E-state index in [-0.39, 0.29) is 0 Å². The number of rotatable bonds is 5. The number of halogens is 1. The molecule has 0 spiro atoms. The van der Waals surface area contributed by atoms with Crippen LogP contribution in [0.1, 0.15) is 23.4 Å². The van der Waals surface area contributed by atoms with E-state index in [9.17, 15) is 0 Å². The van der Waals surface area contributed by atoms with Crippen molar-refractivity contribution in [3.8, 4) is 0 Å². The van der Waals surface area contributed by atoms with Gasteiger partial charge in [-0.2, -0.15) is 5.10 Å². The molecule has 2 aromatic heterocycles. The van der Waals surface area contributed by atoms with Gasteiger partial charge in [0.2, 0.25) is 0 Å². The van der Waals surface area contributed by atoms with Gasteiger partial charge in [0, 0.05) is 23.7 Å². The van der Waals surface area contributed by atoms with E-state index >= 15 is 0 Å². The fourth-order valence-electron chi connectivity index (χ4n) is 1.78. The molecule has 0 radical (unpaired) electrons. The first-order valence-electron chi connectivity index (χ1n) is 5.66. The first kappa shape index (κ1) is 12.8. The van der Waals surface area contributed by atoms with Gasteiger partial charge in [-0.15, -0.1) is 11.3 Å². The van der Waals surface area contributed by atoms with Crippen LogP contribution >= 0.6 is 27.3 Å². The SMILES string of the molecule is CCn1cc(CC(NC)c2ccc(Br)s2)cn1. The minimum atomic E-state index is 0.362. The summed E-state index contributed by atoms with van der Waals surface area (Å²) in [4.78, 5) is 1.35. The van der Waals surface area contributed by atoms with E-state index in [1.165, 1.54) is 14.2 Å². The Morgan fingerprint density at radius 2 is 2.35 bits per heavy atom. The Balaban J connectivity index is 2.09. The molecule has 17 heavy (non-hydrogen) atoms. The monoisotopic (exact) mass is 313 g/mol. The lowest BCUT2D eigenvalue weighted by atomic mass is 10.1. The van der Waals surface area contributed by atoms with Crippen LogP contribution in [0.25, 0.3) is 0 Å². The molecule has 0 saturated carbocycles. The zero-order valence-corrected chi connectivity index (χ0v) is 12.4. The van der Waals surface area contributed by atoms with E-state index in [2.05, 4.69) is 51.6 Å². The van der Waals surface area contributed by atoms with Crippen LogP contribution in [0.4, 0.5) is 0 Å². The van der Waals surface area contributed by atoms with Crippen molar-refractivity contribution in [2.24, 2.45) is 0 Å². The van der Waals surface area contributed by atoms with Crippen LogP contribution in [0.2, 0.25) is 0 Å². The lowest BCUT2D eigenvalue weighted by Gasteiger charge is -2.12. The smallest absolute Gasteiger partial charge is 0.0701 e. The van der Waals surface area contributed by atoms with Gasteiger partial charge >= 0.3 is 0 Å². The number of hydrogen-bond acceptors (Lipinski definition) is 3. The van der Waals surface area contributed by atoms with Crippen LogP contribution in [0, 0.1) is 0 Å². The molecule has 0 aliphatic rings. The third kappa shape index (κ3) is 3.18. The second-order valence-corrected chi connectivity index (χ2v) is 6.39. The Morgan fingerprint density at radius 3 is 2.88 bits per heavy atom. The molecule has 0 saturated heterocycles. The highest BCUT2D eigenvalue weighted by Gasteiger charge is 2.13. The number of aromatic nitrogens is 2. The molecule has 92 valence electrons. The van der Waals surface area contributed by atoms with Crippen LogP contribution < -0.4 is 5.32 Å².